The van der Waals surface area contributed by atoms with Gasteiger partial charge in [-0.25, -0.2) is 4.79 Å². The molecule has 0 bridgehead atoms. The van der Waals surface area contributed by atoms with Gasteiger partial charge < -0.3 is 9.47 Å². The van der Waals surface area contributed by atoms with Crippen LogP contribution < -0.4 is 0 Å². The summed E-state index contributed by atoms with van der Waals surface area (Å²) in [5.74, 6) is -1.31. The summed E-state index contributed by atoms with van der Waals surface area (Å²) in [6, 6.07) is 0. The van der Waals surface area contributed by atoms with Crippen molar-refractivity contribution in [1.82, 2.24) is 0 Å². The molecule has 6 heteroatoms. The average Bonchev–Trinajstić information content (AvgIpc) is 2.70. The van der Waals surface area contributed by atoms with Crippen LogP contribution in [0.15, 0.2) is 9.66 Å². The van der Waals surface area contributed by atoms with Crippen LogP contribution in [0.5, 0.6) is 0 Å². The van der Waals surface area contributed by atoms with Gasteiger partial charge in [-0.3, -0.25) is 9.59 Å². The van der Waals surface area contributed by atoms with Crippen LogP contribution in [0.25, 0.3) is 0 Å². The van der Waals surface area contributed by atoms with Crippen LogP contribution in [0.3, 0.4) is 0 Å². The number of esters is 2. The molecular weight excluding hydrogens is 387 g/mol. The number of hydrogen-bond acceptors (Lipinski definition) is 5. The Labute approximate surface area is 138 Å². The third-order valence-corrected chi connectivity index (χ3v) is 3.83. The van der Waals surface area contributed by atoms with Crippen molar-refractivity contribution in [3.8, 4) is 0 Å². The van der Waals surface area contributed by atoms with E-state index < -0.39 is 23.0 Å². The van der Waals surface area contributed by atoms with E-state index in [-0.39, 0.29) is 16.0 Å². The quantitative estimate of drug-likeness (QED) is 0.310. The molecule has 1 fully saturated rings. The number of hydrogen-bond donors (Lipinski definition) is 0. The minimum absolute atomic E-state index is 0.199. The highest BCUT2D eigenvalue weighted by atomic mass is 127. The van der Waals surface area contributed by atoms with E-state index >= 15 is 0 Å². The molecule has 0 aliphatic heterocycles. The molecule has 1 aliphatic rings. The van der Waals surface area contributed by atoms with Gasteiger partial charge in [-0.2, -0.15) is 0 Å². The normalized spacial score (nSPS) is 23.1. The van der Waals surface area contributed by atoms with Gasteiger partial charge in [0, 0.05) is 6.42 Å². The summed E-state index contributed by atoms with van der Waals surface area (Å²) in [6.45, 7) is 7.19. The molecule has 0 heterocycles. The van der Waals surface area contributed by atoms with Crippen molar-refractivity contribution in [2.24, 2.45) is 5.41 Å². The second kappa shape index (κ2) is 6.89. The number of Topliss-reactive ketones (excluding diaryl/α,β-unsaturated/α-hetero) is 1. The lowest BCUT2D eigenvalue weighted by atomic mass is 9.84. The van der Waals surface area contributed by atoms with Crippen molar-refractivity contribution >= 4 is 40.3 Å². The summed E-state index contributed by atoms with van der Waals surface area (Å²) in [6.07, 6.45) is 2.71. The Balaban J connectivity index is 3.12. The zero-order chi connectivity index (χ0) is 16.3. The molecule has 21 heavy (non-hydrogen) atoms. The Bertz CT molecular complexity index is 475. The van der Waals surface area contributed by atoms with Gasteiger partial charge in [0.05, 0.1) is 10.2 Å². The summed E-state index contributed by atoms with van der Waals surface area (Å²) in [5, 5.41) is 0. The highest BCUT2D eigenvalue weighted by Gasteiger charge is 2.49. The molecule has 0 radical (unpaired) electrons. The van der Waals surface area contributed by atoms with Crippen molar-refractivity contribution in [3.05, 3.63) is 9.66 Å². The molecule has 0 amide bonds. The predicted octanol–water partition coefficient (Wildman–Crippen LogP) is 2.95. The fourth-order valence-corrected chi connectivity index (χ4v) is 2.85. The van der Waals surface area contributed by atoms with Crippen LogP contribution in [0.4, 0.5) is 0 Å². The highest BCUT2D eigenvalue weighted by Crippen LogP contribution is 2.40. The van der Waals surface area contributed by atoms with Gasteiger partial charge in [-0.05, 0) is 69.2 Å². The van der Waals surface area contributed by atoms with E-state index in [2.05, 4.69) is 0 Å². The molecule has 0 N–H and O–H groups in total. The Morgan fingerprint density at radius 3 is 2.43 bits per heavy atom. The first kappa shape index (κ1) is 18.1. The largest absolute Gasteiger partial charge is 0.462 e. The first-order chi connectivity index (χ1) is 9.62. The molecule has 118 valence electrons. The molecule has 5 nitrogen and oxygen atoms in total. The zero-order valence-electron chi connectivity index (χ0n) is 12.8. The number of carbonyl (C=O) groups is 3. The van der Waals surface area contributed by atoms with Crippen LogP contribution in [0, 0.1) is 5.41 Å². The molecule has 1 rings (SSSR count). The van der Waals surface area contributed by atoms with Crippen molar-refractivity contribution in [1.29, 1.82) is 0 Å². The Hall–Kier alpha value is -0.920. The van der Waals surface area contributed by atoms with E-state index in [9.17, 15) is 14.4 Å². The third kappa shape index (κ3) is 4.52. The summed E-state index contributed by atoms with van der Waals surface area (Å²) in [4.78, 5) is 36.4. The summed E-state index contributed by atoms with van der Waals surface area (Å²) in [5.41, 5.74) is -2.03. The molecular formula is C15H21IO5. The van der Waals surface area contributed by atoms with E-state index in [1.165, 1.54) is 6.08 Å². The van der Waals surface area contributed by atoms with Crippen molar-refractivity contribution in [3.63, 3.8) is 0 Å². The molecule has 1 aliphatic carbocycles. The molecule has 0 aromatic heterocycles. The summed E-state index contributed by atoms with van der Waals surface area (Å²) < 4.78 is 10.5. The fraction of sp³-hybridized carbons (Fsp3) is 0.667. The van der Waals surface area contributed by atoms with Gasteiger partial charge in [-0.1, -0.05) is 0 Å². The van der Waals surface area contributed by atoms with Gasteiger partial charge in [0.2, 0.25) is 0 Å². The van der Waals surface area contributed by atoms with E-state index in [0.29, 0.717) is 19.3 Å². The SMILES string of the molecule is CCOC(=O)/C(I)=C\[C@@]1(C(=O)OC(C)(C)C)CCCC1=O. The van der Waals surface area contributed by atoms with Crippen LogP contribution >= 0.6 is 22.6 Å². The maximum absolute atomic E-state index is 12.5. The molecule has 0 saturated heterocycles. The van der Waals surface area contributed by atoms with Crippen LogP contribution in [-0.2, 0) is 23.9 Å². The second-order valence-corrected chi connectivity index (χ2v) is 7.12. The van der Waals surface area contributed by atoms with E-state index in [1.54, 1.807) is 50.3 Å². The average molecular weight is 408 g/mol. The van der Waals surface area contributed by atoms with Crippen LogP contribution in [0.2, 0.25) is 0 Å². The smallest absolute Gasteiger partial charge is 0.344 e. The number of ketones is 1. The molecule has 0 aromatic carbocycles. The second-order valence-electron chi connectivity index (χ2n) is 5.96. The topological polar surface area (TPSA) is 69.7 Å². The van der Waals surface area contributed by atoms with Crippen molar-refractivity contribution in [2.75, 3.05) is 6.61 Å². The predicted molar refractivity (Wildman–Crippen MR) is 85.9 cm³/mol. The molecule has 1 saturated carbocycles. The summed E-state index contributed by atoms with van der Waals surface area (Å²) in [7, 11) is 0. The third-order valence-electron chi connectivity index (χ3n) is 3.08. The Kier molecular flexibility index (Phi) is 5.95. The Morgan fingerprint density at radius 1 is 1.38 bits per heavy atom. The summed E-state index contributed by atoms with van der Waals surface area (Å²) >= 11 is 1.80. The number of carbonyl (C=O) groups excluding carboxylic acids is 3. The minimum Gasteiger partial charge on any atom is -0.462 e. The molecule has 0 unspecified atom stereocenters. The maximum atomic E-state index is 12.5. The maximum Gasteiger partial charge on any atom is 0.344 e. The van der Waals surface area contributed by atoms with Gasteiger partial charge in [0.15, 0.2) is 5.78 Å². The van der Waals surface area contributed by atoms with E-state index in [0.717, 1.165) is 0 Å². The van der Waals surface area contributed by atoms with Crippen LogP contribution in [0.1, 0.15) is 47.0 Å². The first-order valence-electron chi connectivity index (χ1n) is 6.94. The van der Waals surface area contributed by atoms with Gasteiger partial charge in [-0.15, -0.1) is 0 Å². The minimum atomic E-state index is -1.35. The number of halogens is 1. The zero-order valence-corrected chi connectivity index (χ0v) is 15.0. The molecule has 0 spiro atoms. The molecule has 1 atom stereocenters. The van der Waals surface area contributed by atoms with Crippen LogP contribution in [-0.4, -0.2) is 29.9 Å². The van der Waals surface area contributed by atoms with E-state index in [1.807, 2.05) is 0 Å². The monoisotopic (exact) mass is 408 g/mol. The number of rotatable bonds is 4. The highest BCUT2D eigenvalue weighted by molar-refractivity contribution is 14.1. The standard InChI is InChI=1S/C15H21IO5/c1-5-20-12(18)10(16)9-15(8-6-7-11(15)17)13(19)21-14(2,3)4/h9H,5-8H2,1-4H3/b10-9+/t15-/m0/s1. The fourth-order valence-electron chi connectivity index (χ4n) is 2.16. The van der Waals surface area contributed by atoms with Crippen molar-refractivity contribution < 1.29 is 23.9 Å². The van der Waals surface area contributed by atoms with Gasteiger partial charge >= 0.3 is 11.9 Å². The van der Waals surface area contributed by atoms with Gasteiger partial charge in [0.1, 0.15) is 11.0 Å². The molecule has 0 aromatic rings. The van der Waals surface area contributed by atoms with Crippen molar-refractivity contribution in [2.45, 2.75) is 52.6 Å². The van der Waals surface area contributed by atoms with Gasteiger partial charge in [0.25, 0.3) is 0 Å². The van der Waals surface area contributed by atoms with E-state index in [4.69, 9.17) is 9.47 Å². The lowest BCUT2D eigenvalue weighted by Gasteiger charge is -2.28. The first-order valence-corrected chi connectivity index (χ1v) is 8.02. The lowest BCUT2D eigenvalue weighted by Crippen LogP contribution is -2.39. The lowest BCUT2D eigenvalue weighted by molar-refractivity contribution is -0.166. The Morgan fingerprint density at radius 2 is 2.00 bits per heavy atom. The number of ether oxygens (including phenoxy) is 2.